The topological polar surface area (TPSA) is 95.5 Å². The second kappa shape index (κ2) is 11.7. The third-order valence-electron chi connectivity index (χ3n) is 3.45. The molecule has 0 bridgehead atoms. The van der Waals surface area contributed by atoms with E-state index >= 15 is 0 Å². The first-order chi connectivity index (χ1) is 14.0. The maximum absolute atomic E-state index is 12.0. The number of carbonyl (C=O) groups excluding carboxylic acids is 2. The van der Waals surface area contributed by atoms with E-state index in [1.54, 1.807) is 49.4 Å². The number of benzene rings is 2. The number of methoxy groups -OCH3 is 1. The summed E-state index contributed by atoms with van der Waals surface area (Å²) in [4.78, 5) is 23.4. The van der Waals surface area contributed by atoms with Gasteiger partial charge in [-0.25, -0.2) is 10.2 Å². The molecular weight excluding hydrogens is 444 g/mol. The Morgan fingerprint density at radius 2 is 1.83 bits per heavy atom. The number of carbonyl (C=O) groups is 2. The molecule has 8 nitrogen and oxygen atoms in total. The molecule has 0 aliphatic rings. The van der Waals surface area contributed by atoms with Crippen molar-refractivity contribution in [3.63, 3.8) is 0 Å². The Morgan fingerprint density at radius 3 is 2.59 bits per heavy atom. The molecule has 29 heavy (non-hydrogen) atoms. The fourth-order valence-electron chi connectivity index (χ4n) is 2.17. The number of halogens is 1. The number of hydrogen-bond acceptors (Lipinski definition) is 7. The van der Waals surface area contributed by atoms with Crippen LogP contribution in [0.1, 0.15) is 12.5 Å². The number of hydrogen-bond donors (Lipinski definition) is 1. The van der Waals surface area contributed by atoms with E-state index in [9.17, 15) is 9.59 Å². The van der Waals surface area contributed by atoms with Crippen molar-refractivity contribution in [2.75, 3.05) is 26.9 Å². The normalized spacial score (nSPS) is 10.4. The first kappa shape index (κ1) is 22.2. The molecule has 0 saturated carbocycles. The van der Waals surface area contributed by atoms with Crippen LogP contribution in [0.2, 0.25) is 0 Å². The zero-order valence-electron chi connectivity index (χ0n) is 16.0. The van der Waals surface area contributed by atoms with Gasteiger partial charge < -0.3 is 18.9 Å². The van der Waals surface area contributed by atoms with E-state index in [1.807, 2.05) is 0 Å². The van der Waals surface area contributed by atoms with Gasteiger partial charge >= 0.3 is 5.97 Å². The van der Waals surface area contributed by atoms with Gasteiger partial charge in [-0.15, -0.1) is 0 Å². The van der Waals surface area contributed by atoms with Gasteiger partial charge in [0, 0.05) is 10.0 Å². The van der Waals surface area contributed by atoms with Crippen LogP contribution in [-0.2, 0) is 14.3 Å². The molecule has 1 N–H and O–H groups in total. The van der Waals surface area contributed by atoms with Crippen LogP contribution in [0, 0.1) is 0 Å². The Balaban J connectivity index is 1.88. The molecule has 2 aromatic rings. The zero-order valence-corrected chi connectivity index (χ0v) is 17.6. The lowest BCUT2D eigenvalue weighted by molar-refractivity contribution is -0.145. The average molecular weight is 465 g/mol. The van der Waals surface area contributed by atoms with Gasteiger partial charge in [0.05, 0.1) is 19.9 Å². The number of ether oxygens (including phenoxy) is 4. The summed E-state index contributed by atoms with van der Waals surface area (Å²) in [6.07, 6.45) is 1.42. The molecule has 0 atom stereocenters. The first-order valence-corrected chi connectivity index (χ1v) is 9.48. The largest absolute Gasteiger partial charge is 0.493 e. The van der Waals surface area contributed by atoms with Crippen molar-refractivity contribution in [3.05, 3.63) is 52.5 Å². The van der Waals surface area contributed by atoms with Crippen LogP contribution >= 0.6 is 15.9 Å². The SMILES string of the molecule is CCOC(=O)COc1ccccc1C=NNC(=O)COc1ccc(Br)cc1OC. The fourth-order valence-corrected chi connectivity index (χ4v) is 2.51. The highest BCUT2D eigenvalue weighted by Crippen LogP contribution is 2.30. The molecule has 154 valence electrons. The Hall–Kier alpha value is -3.07. The van der Waals surface area contributed by atoms with Gasteiger partial charge in [0.15, 0.2) is 24.7 Å². The van der Waals surface area contributed by atoms with Gasteiger partial charge in [0.2, 0.25) is 0 Å². The Bertz CT molecular complexity index is 872. The summed E-state index contributed by atoms with van der Waals surface area (Å²) in [5.41, 5.74) is 2.96. The highest BCUT2D eigenvalue weighted by Gasteiger charge is 2.08. The zero-order chi connectivity index (χ0) is 21.1. The summed E-state index contributed by atoms with van der Waals surface area (Å²) < 4.78 is 21.7. The van der Waals surface area contributed by atoms with Crippen LogP contribution in [0.15, 0.2) is 52.0 Å². The number of nitrogens with one attached hydrogen (secondary N) is 1. The van der Waals surface area contributed by atoms with Gasteiger partial charge in [0.1, 0.15) is 5.75 Å². The second-order valence-electron chi connectivity index (χ2n) is 5.51. The van der Waals surface area contributed by atoms with Crippen molar-refractivity contribution in [1.82, 2.24) is 5.43 Å². The number of para-hydroxylation sites is 1. The monoisotopic (exact) mass is 464 g/mol. The molecule has 2 aromatic carbocycles. The summed E-state index contributed by atoms with van der Waals surface area (Å²) in [7, 11) is 1.51. The van der Waals surface area contributed by atoms with Crippen molar-refractivity contribution in [1.29, 1.82) is 0 Å². The average Bonchev–Trinajstić information content (AvgIpc) is 2.72. The van der Waals surface area contributed by atoms with Crippen LogP contribution in [0.25, 0.3) is 0 Å². The molecule has 0 aliphatic carbocycles. The maximum Gasteiger partial charge on any atom is 0.344 e. The number of esters is 1. The molecule has 0 saturated heterocycles. The summed E-state index contributed by atoms with van der Waals surface area (Å²) in [5, 5.41) is 3.90. The molecule has 2 rings (SSSR count). The third kappa shape index (κ3) is 7.46. The maximum atomic E-state index is 12.0. The summed E-state index contributed by atoms with van der Waals surface area (Å²) >= 11 is 3.34. The van der Waals surface area contributed by atoms with Crippen LogP contribution in [0.4, 0.5) is 0 Å². The minimum atomic E-state index is -0.465. The van der Waals surface area contributed by atoms with Crippen LogP contribution in [0.5, 0.6) is 17.2 Å². The Labute approximate surface area is 176 Å². The standard InChI is InChI=1S/C20H21BrN2O6/c1-3-27-20(25)13-29-16-7-5-4-6-14(16)11-22-23-19(24)12-28-17-9-8-15(21)10-18(17)26-2/h4-11H,3,12-13H2,1-2H3,(H,23,24). The quantitative estimate of drug-likeness (QED) is 0.330. The van der Waals surface area contributed by atoms with E-state index in [-0.39, 0.29) is 19.8 Å². The lowest BCUT2D eigenvalue weighted by atomic mass is 10.2. The predicted molar refractivity (Wildman–Crippen MR) is 110 cm³/mol. The minimum absolute atomic E-state index is 0.214. The molecule has 0 fully saturated rings. The fraction of sp³-hybridized carbons (Fsp3) is 0.250. The van der Waals surface area contributed by atoms with Gasteiger partial charge in [0.25, 0.3) is 5.91 Å². The van der Waals surface area contributed by atoms with Crippen molar-refractivity contribution in [2.24, 2.45) is 5.10 Å². The number of rotatable bonds is 10. The number of amides is 1. The highest BCUT2D eigenvalue weighted by molar-refractivity contribution is 9.10. The molecule has 0 unspecified atom stereocenters. The van der Waals surface area contributed by atoms with Crippen molar-refractivity contribution in [3.8, 4) is 17.2 Å². The molecular formula is C20H21BrN2O6. The number of hydrazone groups is 1. The van der Waals surface area contributed by atoms with Gasteiger partial charge in [-0.1, -0.05) is 28.1 Å². The van der Waals surface area contributed by atoms with E-state index in [0.29, 0.717) is 22.8 Å². The minimum Gasteiger partial charge on any atom is -0.493 e. The van der Waals surface area contributed by atoms with E-state index in [1.165, 1.54) is 13.3 Å². The van der Waals surface area contributed by atoms with E-state index in [4.69, 9.17) is 18.9 Å². The van der Waals surface area contributed by atoms with Crippen molar-refractivity contribution in [2.45, 2.75) is 6.92 Å². The van der Waals surface area contributed by atoms with Gasteiger partial charge in [-0.05, 0) is 37.3 Å². The Kier molecular flexibility index (Phi) is 8.97. The smallest absolute Gasteiger partial charge is 0.344 e. The molecule has 0 spiro atoms. The molecule has 1 amide bonds. The van der Waals surface area contributed by atoms with Crippen LogP contribution in [0.3, 0.4) is 0 Å². The summed E-state index contributed by atoms with van der Waals surface area (Å²) in [6, 6.07) is 12.2. The van der Waals surface area contributed by atoms with Crippen LogP contribution < -0.4 is 19.6 Å². The van der Waals surface area contributed by atoms with E-state index in [0.717, 1.165) is 4.47 Å². The van der Waals surface area contributed by atoms with E-state index < -0.39 is 11.9 Å². The van der Waals surface area contributed by atoms with Crippen LogP contribution in [-0.4, -0.2) is 45.0 Å². The molecule has 0 heterocycles. The summed E-state index contributed by atoms with van der Waals surface area (Å²) in [6.45, 7) is 1.55. The second-order valence-corrected chi connectivity index (χ2v) is 6.42. The lowest BCUT2D eigenvalue weighted by Crippen LogP contribution is -2.24. The predicted octanol–water partition coefficient (Wildman–Crippen LogP) is 2.93. The summed E-state index contributed by atoms with van der Waals surface area (Å²) in [5.74, 6) is 0.467. The molecule has 0 radical (unpaired) electrons. The van der Waals surface area contributed by atoms with Gasteiger partial charge in [-0.3, -0.25) is 4.79 Å². The lowest BCUT2D eigenvalue weighted by Gasteiger charge is -2.10. The van der Waals surface area contributed by atoms with Crippen molar-refractivity contribution >= 4 is 34.0 Å². The molecule has 0 aromatic heterocycles. The van der Waals surface area contributed by atoms with Crippen molar-refractivity contribution < 1.29 is 28.5 Å². The highest BCUT2D eigenvalue weighted by atomic mass is 79.9. The molecule has 9 heteroatoms. The number of nitrogens with zero attached hydrogens (tertiary/aromatic N) is 1. The Morgan fingerprint density at radius 1 is 1.07 bits per heavy atom. The first-order valence-electron chi connectivity index (χ1n) is 8.69. The van der Waals surface area contributed by atoms with Gasteiger partial charge in [-0.2, -0.15) is 5.10 Å². The van der Waals surface area contributed by atoms with E-state index in [2.05, 4.69) is 26.5 Å². The third-order valence-corrected chi connectivity index (χ3v) is 3.94. The molecule has 0 aliphatic heterocycles.